The minimum absolute atomic E-state index is 0.0795. The van der Waals surface area contributed by atoms with Crippen LogP contribution in [0.2, 0.25) is 0 Å². The summed E-state index contributed by atoms with van der Waals surface area (Å²) in [7, 11) is 0. The van der Waals surface area contributed by atoms with Crippen LogP contribution in [0.4, 0.5) is 5.69 Å². The molecule has 0 aliphatic carbocycles. The number of nitrogens with zero attached hydrogens (tertiary/aromatic N) is 4. The summed E-state index contributed by atoms with van der Waals surface area (Å²) in [5.41, 5.74) is 3.14. The largest absolute Gasteiger partial charge is 0.424 e. The molecular weight excluding hydrogens is 328 g/mol. The second-order valence-corrected chi connectivity index (χ2v) is 6.35. The summed E-state index contributed by atoms with van der Waals surface area (Å²) in [5, 5.41) is 7.85. The maximum absolute atomic E-state index is 12.8. The van der Waals surface area contributed by atoms with E-state index < -0.39 is 0 Å². The summed E-state index contributed by atoms with van der Waals surface area (Å²) in [6, 6.07) is 18.2. The van der Waals surface area contributed by atoms with Crippen LogP contribution in [0.1, 0.15) is 11.8 Å². The van der Waals surface area contributed by atoms with Crippen molar-refractivity contribution < 1.29 is 9.21 Å². The number of para-hydroxylation sites is 1. The van der Waals surface area contributed by atoms with Crippen molar-refractivity contribution >= 4 is 11.6 Å². The van der Waals surface area contributed by atoms with E-state index in [2.05, 4.69) is 28.4 Å². The molecule has 1 aliphatic heterocycles. The van der Waals surface area contributed by atoms with E-state index in [0.29, 0.717) is 31.4 Å². The average Bonchev–Trinajstić information content (AvgIpc) is 3.07. The minimum atomic E-state index is 0.0795. The van der Waals surface area contributed by atoms with Gasteiger partial charge in [-0.3, -0.25) is 9.69 Å². The molecule has 3 aromatic rings. The van der Waals surface area contributed by atoms with Crippen molar-refractivity contribution in [2.24, 2.45) is 0 Å². The molecule has 6 heteroatoms. The molecule has 2 aromatic carbocycles. The molecule has 0 bridgehead atoms. The highest BCUT2D eigenvalue weighted by Crippen LogP contribution is 2.31. The number of hydrogen-bond donors (Lipinski definition) is 0. The highest BCUT2D eigenvalue weighted by Gasteiger charge is 2.27. The van der Waals surface area contributed by atoms with Gasteiger partial charge in [-0.05, 0) is 11.6 Å². The minimum Gasteiger partial charge on any atom is -0.424 e. The smallest absolute Gasteiger partial charge is 0.241 e. The fourth-order valence-electron chi connectivity index (χ4n) is 3.28. The van der Waals surface area contributed by atoms with E-state index in [9.17, 15) is 4.79 Å². The summed E-state index contributed by atoms with van der Waals surface area (Å²) in [4.78, 5) is 16.7. The molecule has 0 radical (unpaired) electrons. The quantitative estimate of drug-likeness (QED) is 0.725. The van der Waals surface area contributed by atoms with Crippen LogP contribution in [0.15, 0.2) is 59.0 Å². The summed E-state index contributed by atoms with van der Waals surface area (Å²) in [6.07, 6.45) is 0. The average molecular weight is 348 g/mol. The molecule has 1 fully saturated rings. The number of rotatable bonds is 4. The Kier molecular flexibility index (Phi) is 4.50. The summed E-state index contributed by atoms with van der Waals surface area (Å²) < 4.78 is 5.42. The lowest BCUT2D eigenvalue weighted by Crippen LogP contribution is -2.50. The highest BCUT2D eigenvalue weighted by molar-refractivity contribution is 5.99. The van der Waals surface area contributed by atoms with E-state index in [1.165, 1.54) is 0 Å². The number of carbonyl (C=O) groups excluding carboxylic acids is 1. The molecule has 1 aromatic heterocycles. The molecule has 0 saturated carbocycles. The molecule has 0 spiro atoms. The van der Waals surface area contributed by atoms with Crippen molar-refractivity contribution in [3.63, 3.8) is 0 Å². The van der Waals surface area contributed by atoms with Gasteiger partial charge in [0.2, 0.25) is 17.7 Å². The first kappa shape index (κ1) is 16.5. The van der Waals surface area contributed by atoms with Gasteiger partial charge in [0, 0.05) is 25.6 Å². The lowest BCUT2D eigenvalue weighted by molar-refractivity contribution is -0.121. The van der Waals surface area contributed by atoms with Crippen LogP contribution in [0.3, 0.4) is 0 Å². The van der Waals surface area contributed by atoms with Crippen LogP contribution in [-0.2, 0) is 11.3 Å². The number of anilines is 1. The van der Waals surface area contributed by atoms with Gasteiger partial charge < -0.3 is 9.32 Å². The van der Waals surface area contributed by atoms with E-state index in [1.807, 2.05) is 46.2 Å². The third kappa shape index (κ3) is 3.36. The van der Waals surface area contributed by atoms with E-state index in [4.69, 9.17) is 4.42 Å². The third-order valence-electron chi connectivity index (χ3n) is 4.51. The Morgan fingerprint density at radius 1 is 1.00 bits per heavy atom. The Labute approximate surface area is 152 Å². The molecule has 1 saturated heterocycles. The zero-order valence-electron chi connectivity index (χ0n) is 14.6. The predicted molar refractivity (Wildman–Crippen MR) is 98.5 cm³/mol. The topological polar surface area (TPSA) is 62.5 Å². The lowest BCUT2D eigenvalue weighted by atomic mass is 10.0. The Morgan fingerprint density at radius 3 is 2.50 bits per heavy atom. The zero-order valence-corrected chi connectivity index (χ0v) is 14.6. The van der Waals surface area contributed by atoms with Gasteiger partial charge in [0.25, 0.3) is 0 Å². The van der Waals surface area contributed by atoms with Gasteiger partial charge in [-0.2, -0.15) is 0 Å². The Bertz CT molecular complexity index is 907. The second-order valence-electron chi connectivity index (χ2n) is 6.35. The molecule has 2 heterocycles. The predicted octanol–water partition coefficient (Wildman–Crippen LogP) is 2.89. The van der Waals surface area contributed by atoms with E-state index in [1.54, 1.807) is 6.92 Å². The Morgan fingerprint density at radius 2 is 1.77 bits per heavy atom. The molecule has 0 unspecified atom stereocenters. The van der Waals surface area contributed by atoms with Crippen LogP contribution in [-0.4, -0.2) is 40.6 Å². The number of amides is 1. The first-order chi connectivity index (χ1) is 12.7. The van der Waals surface area contributed by atoms with Crippen molar-refractivity contribution in [3.05, 3.63) is 66.4 Å². The number of piperazine rings is 1. The van der Waals surface area contributed by atoms with Crippen molar-refractivity contribution in [1.29, 1.82) is 0 Å². The number of carbonyl (C=O) groups is 1. The van der Waals surface area contributed by atoms with Gasteiger partial charge in [0.15, 0.2) is 0 Å². The maximum atomic E-state index is 12.8. The fraction of sp³-hybridized carbons (Fsp3) is 0.250. The van der Waals surface area contributed by atoms with Crippen LogP contribution < -0.4 is 4.90 Å². The van der Waals surface area contributed by atoms with Crippen LogP contribution >= 0.6 is 0 Å². The summed E-state index contributed by atoms with van der Waals surface area (Å²) in [5.74, 6) is 1.17. The molecule has 6 nitrogen and oxygen atoms in total. The number of hydrogen-bond acceptors (Lipinski definition) is 5. The normalized spacial score (nSPS) is 15.4. The van der Waals surface area contributed by atoms with E-state index in [0.717, 1.165) is 23.4 Å². The van der Waals surface area contributed by atoms with Gasteiger partial charge in [-0.15, -0.1) is 10.2 Å². The van der Waals surface area contributed by atoms with Crippen molar-refractivity contribution in [2.75, 3.05) is 24.5 Å². The van der Waals surface area contributed by atoms with E-state index in [-0.39, 0.29) is 5.91 Å². The molecule has 26 heavy (non-hydrogen) atoms. The second kappa shape index (κ2) is 7.09. The Balaban J connectivity index is 1.53. The summed E-state index contributed by atoms with van der Waals surface area (Å²) >= 11 is 0. The molecular formula is C20H20N4O2. The number of aryl methyl sites for hydroxylation is 1. The van der Waals surface area contributed by atoms with Crippen LogP contribution in [0.25, 0.3) is 11.1 Å². The third-order valence-corrected chi connectivity index (χ3v) is 4.51. The highest BCUT2D eigenvalue weighted by atomic mass is 16.4. The Hall–Kier alpha value is -2.99. The van der Waals surface area contributed by atoms with Gasteiger partial charge in [-0.25, -0.2) is 0 Å². The van der Waals surface area contributed by atoms with Crippen LogP contribution in [0, 0.1) is 6.92 Å². The zero-order chi connectivity index (χ0) is 17.9. The van der Waals surface area contributed by atoms with Crippen molar-refractivity contribution in [3.8, 4) is 11.1 Å². The lowest BCUT2D eigenvalue weighted by Gasteiger charge is -2.34. The first-order valence-electron chi connectivity index (χ1n) is 8.67. The van der Waals surface area contributed by atoms with E-state index >= 15 is 0 Å². The number of benzene rings is 2. The van der Waals surface area contributed by atoms with Gasteiger partial charge in [-0.1, -0.05) is 48.5 Å². The number of aromatic nitrogens is 2. The van der Waals surface area contributed by atoms with Gasteiger partial charge in [0.1, 0.15) is 0 Å². The van der Waals surface area contributed by atoms with Crippen molar-refractivity contribution in [2.45, 2.75) is 13.5 Å². The summed E-state index contributed by atoms with van der Waals surface area (Å²) in [6.45, 7) is 4.00. The molecule has 1 amide bonds. The fourth-order valence-corrected chi connectivity index (χ4v) is 3.28. The maximum Gasteiger partial charge on any atom is 0.241 e. The first-order valence-corrected chi connectivity index (χ1v) is 8.67. The molecule has 0 atom stereocenters. The van der Waals surface area contributed by atoms with Crippen molar-refractivity contribution in [1.82, 2.24) is 15.1 Å². The van der Waals surface area contributed by atoms with Gasteiger partial charge in [0.05, 0.1) is 18.8 Å². The molecule has 132 valence electrons. The van der Waals surface area contributed by atoms with Crippen LogP contribution in [0.5, 0.6) is 0 Å². The molecule has 1 aliphatic rings. The standard InChI is InChI=1S/C20H20N4O2/c1-15-21-22-19(26-15)13-23-11-12-24(20(25)14-23)18-10-6-5-9-17(18)16-7-3-2-4-8-16/h2-10H,11-14H2,1H3. The molecule has 4 rings (SSSR count). The molecule has 0 N–H and O–H groups in total. The monoisotopic (exact) mass is 348 g/mol. The SMILES string of the molecule is Cc1nnc(CN2CCN(c3ccccc3-c3ccccc3)C(=O)C2)o1. The van der Waals surface area contributed by atoms with Gasteiger partial charge >= 0.3 is 0 Å².